The van der Waals surface area contributed by atoms with Gasteiger partial charge in [-0.1, -0.05) is 35.4 Å². The first kappa shape index (κ1) is 12.7. The van der Waals surface area contributed by atoms with Crippen molar-refractivity contribution in [2.75, 3.05) is 0 Å². The van der Waals surface area contributed by atoms with Crippen molar-refractivity contribution in [3.63, 3.8) is 0 Å². The number of nitrogens with one attached hydrogen (secondary N) is 1. The number of amides is 1. The molecule has 5 heteroatoms. The molecule has 1 fully saturated rings. The minimum Gasteiger partial charge on any atom is -0.267 e. The maximum absolute atomic E-state index is 12.0. The van der Waals surface area contributed by atoms with E-state index in [2.05, 4.69) is 22.7 Å². The first-order valence-electron chi connectivity index (χ1n) is 6.13. The van der Waals surface area contributed by atoms with Crippen LogP contribution in [-0.2, 0) is 0 Å². The Morgan fingerprint density at radius 1 is 1.37 bits per heavy atom. The fourth-order valence-electron chi connectivity index (χ4n) is 2.52. The van der Waals surface area contributed by atoms with E-state index in [9.17, 15) is 4.79 Å². The second-order valence-electron chi connectivity index (χ2n) is 4.81. The molecule has 3 nitrogen and oxygen atoms in total. The van der Waals surface area contributed by atoms with Gasteiger partial charge in [0, 0.05) is 16.7 Å². The molecule has 1 saturated carbocycles. The summed E-state index contributed by atoms with van der Waals surface area (Å²) >= 11 is 11.8. The number of carbonyl (C=O) groups excluding carboxylic acids is 1. The fourth-order valence-corrected chi connectivity index (χ4v) is 2.89. The Balaban J connectivity index is 1.69. The summed E-state index contributed by atoms with van der Waals surface area (Å²) in [7, 11) is 0. The molecule has 0 aliphatic heterocycles. The van der Waals surface area contributed by atoms with E-state index in [-0.39, 0.29) is 5.91 Å². The zero-order chi connectivity index (χ0) is 13.4. The molecule has 0 radical (unpaired) electrons. The van der Waals surface area contributed by atoms with Gasteiger partial charge in [-0.25, -0.2) is 5.43 Å². The largest absolute Gasteiger partial charge is 0.272 e. The number of halogens is 2. The van der Waals surface area contributed by atoms with Crippen LogP contribution < -0.4 is 5.43 Å². The van der Waals surface area contributed by atoms with Gasteiger partial charge in [-0.15, -0.1) is 0 Å². The van der Waals surface area contributed by atoms with Crippen LogP contribution in [-0.4, -0.2) is 11.6 Å². The summed E-state index contributed by atoms with van der Waals surface area (Å²) in [6.45, 7) is 0. The minimum atomic E-state index is -0.325. The topological polar surface area (TPSA) is 41.5 Å². The molecule has 2 aliphatic rings. The average molecular weight is 295 g/mol. The van der Waals surface area contributed by atoms with Crippen LogP contribution in [0.2, 0.25) is 10.0 Å². The smallest absolute Gasteiger partial charge is 0.267 e. The Kier molecular flexibility index (Phi) is 3.33. The number of hydrazone groups is 1. The molecular weight excluding hydrogens is 283 g/mol. The molecular formula is C14H12Cl2N2O. The third-order valence-electron chi connectivity index (χ3n) is 3.64. The lowest BCUT2D eigenvalue weighted by Gasteiger charge is -2.31. The van der Waals surface area contributed by atoms with Gasteiger partial charge in [0.25, 0.3) is 5.91 Å². The summed E-state index contributed by atoms with van der Waals surface area (Å²) in [5.74, 6) is 0.773. The second kappa shape index (κ2) is 4.99. The molecule has 1 aromatic rings. The molecule has 0 unspecified atom stereocenters. The third-order valence-corrected chi connectivity index (χ3v) is 4.20. The summed E-state index contributed by atoms with van der Waals surface area (Å²) in [6.07, 6.45) is 6.36. The van der Waals surface area contributed by atoms with E-state index in [1.54, 1.807) is 18.2 Å². The molecule has 98 valence electrons. The van der Waals surface area contributed by atoms with Gasteiger partial charge in [0.05, 0.1) is 10.6 Å². The van der Waals surface area contributed by atoms with Crippen molar-refractivity contribution in [1.82, 2.24) is 5.43 Å². The Morgan fingerprint density at radius 3 is 3.00 bits per heavy atom. The van der Waals surface area contributed by atoms with Crippen LogP contribution in [0.3, 0.4) is 0 Å². The molecule has 19 heavy (non-hydrogen) atoms. The Hall–Kier alpha value is -1.32. The molecule has 0 bridgehead atoms. The van der Waals surface area contributed by atoms with E-state index < -0.39 is 0 Å². The van der Waals surface area contributed by atoms with Gasteiger partial charge >= 0.3 is 0 Å². The van der Waals surface area contributed by atoms with Gasteiger partial charge in [-0.2, -0.15) is 5.10 Å². The third kappa shape index (κ3) is 2.40. The van der Waals surface area contributed by atoms with Crippen LogP contribution in [0.1, 0.15) is 23.2 Å². The monoisotopic (exact) mass is 294 g/mol. The first-order chi connectivity index (χ1) is 9.15. The zero-order valence-corrected chi connectivity index (χ0v) is 11.6. The summed E-state index contributed by atoms with van der Waals surface area (Å²) in [4.78, 5) is 12.0. The van der Waals surface area contributed by atoms with Gasteiger partial charge in [0.1, 0.15) is 0 Å². The van der Waals surface area contributed by atoms with E-state index >= 15 is 0 Å². The summed E-state index contributed by atoms with van der Waals surface area (Å²) in [5, 5.41) is 5.04. The van der Waals surface area contributed by atoms with Crippen molar-refractivity contribution < 1.29 is 4.79 Å². The lowest BCUT2D eigenvalue weighted by Crippen LogP contribution is -2.35. The lowest BCUT2D eigenvalue weighted by atomic mass is 9.74. The predicted molar refractivity (Wildman–Crippen MR) is 76.7 cm³/mol. The highest BCUT2D eigenvalue weighted by Crippen LogP contribution is 2.40. The summed E-state index contributed by atoms with van der Waals surface area (Å²) < 4.78 is 0. The average Bonchev–Trinajstić information content (AvgIpc) is 2.74. The van der Waals surface area contributed by atoms with Gasteiger partial charge in [0.2, 0.25) is 0 Å². The first-order valence-corrected chi connectivity index (χ1v) is 6.89. The summed E-state index contributed by atoms with van der Waals surface area (Å²) in [5.41, 5.74) is 3.96. The number of nitrogens with zero attached hydrogens (tertiary/aromatic N) is 1. The lowest BCUT2D eigenvalue weighted by molar-refractivity contribution is 0.0954. The van der Waals surface area contributed by atoms with Gasteiger partial charge in [-0.3, -0.25) is 4.79 Å². The maximum Gasteiger partial charge on any atom is 0.272 e. The zero-order valence-electron chi connectivity index (χ0n) is 10.1. The number of rotatable bonds is 2. The van der Waals surface area contributed by atoms with Crippen molar-refractivity contribution in [1.29, 1.82) is 0 Å². The number of hydrogen-bond donors (Lipinski definition) is 1. The van der Waals surface area contributed by atoms with E-state index in [0.29, 0.717) is 27.4 Å². The number of carbonyl (C=O) groups is 1. The molecule has 1 aromatic carbocycles. The molecule has 2 aliphatic carbocycles. The van der Waals surface area contributed by atoms with E-state index in [1.165, 1.54) is 0 Å². The van der Waals surface area contributed by atoms with E-state index in [0.717, 1.165) is 18.6 Å². The quantitative estimate of drug-likeness (QED) is 0.656. The standard InChI is InChI=1S/C14H12Cl2N2O/c15-9-4-5-12(16)11(7-9)14(19)18-17-13-6-8-2-1-3-10(8)13/h1-2,4-5,7-8,10H,3,6H2,(H,18,19)/b17-13-/t8-,10+/m1/s1. The number of benzene rings is 1. The predicted octanol–water partition coefficient (Wildman–Crippen LogP) is 3.68. The van der Waals surface area contributed by atoms with Crippen LogP contribution in [0, 0.1) is 11.8 Å². The van der Waals surface area contributed by atoms with Crippen LogP contribution in [0.5, 0.6) is 0 Å². The maximum atomic E-state index is 12.0. The SMILES string of the molecule is O=C(N/N=C1/C[C@H]2C=CC[C@H]12)c1cc(Cl)ccc1Cl. The molecule has 0 saturated heterocycles. The van der Waals surface area contributed by atoms with Gasteiger partial charge in [0.15, 0.2) is 0 Å². The molecule has 1 N–H and O–H groups in total. The van der Waals surface area contributed by atoms with Crippen molar-refractivity contribution in [3.8, 4) is 0 Å². The molecule has 0 heterocycles. The van der Waals surface area contributed by atoms with Crippen molar-refractivity contribution in [3.05, 3.63) is 46.0 Å². The van der Waals surface area contributed by atoms with Crippen LogP contribution in [0.25, 0.3) is 0 Å². The highest BCUT2D eigenvalue weighted by molar-refractivity contribution is 6.35. The van der Waals surface area contributed by atoms with Crippen LogP contribution in [0.4, 0.5) is 0 Å². The molecule has 0 aromatic heterocycles. The number of allylic oxidation sites excluding steroid dienone is 2. The number of hydrogen-bond acceptors (Lipinski definition) is 2. The normalized spacial score (nSPS) is 26.1. The minimum absolute atomic E-state index is 0.325. The Labute approximate surface area is 121 Å². The second-order valence-corrected chi connectivity index (χ2v) is 5.65. The van der Waals surface area contributed by atoms with Crippen LogP contribution >= 0.6 is 23.2 Å². The van der Waals surface area contributed by atoms with Crippen molar-refractivity contribution in [2.45, 2.75) is 12.8 Å². The highest BCUT2D eigenvalue weighted by atomic mass is 35.5. The van der Waals surface area contributed by atoms with Crippen molar-refractivity contribution >= 4 is 34.8 Å². The summed E-state index contributed by atoms with van der Waals surface area (Å²) in [6, 6.07) is 4.79. The molecule has 0 spiro atoms. The molecule has 1 amide bonds. The van der Waals surface area contributed by atoms with Gasteiger partial charge < -0.3 is 0 Å². The highest BCUT2D eigenvalue weighted by Gasteiger charge is 2.38. The molecule has 3 rings (SSSR count). The number of fused-ring (bicyclic) bond motifs is 1. The van der Waals surface area contributed by atoms with E-state index in [4.69, 9.17) is 23.2 Å². The van der Waals surface area contributed by atoms with Crippen LogP contribution in [0.15, 0.2) is 35.5 Å². The fraction of sp³-hybridized carbons (Fsp3) is 0.286. The Bertz CT molecular complexity index is 595. The Morgan fingerprint density at radius 2 is 2.21 bits per heavy atom. The molecule has 2 atom stereocenters. The van der Waals surface area contributed by atoms with Gasteiger partial charge in [-0.05, 0) is 37.0 Å². The van der Waals surface area contributed by atoms with Crippen molar-refractivity contribution in [2.24, 2.45) is 16.9 Å². The van der Waals surface area contributed by atoms with E-state index in [1.807, 2.05) is 0 Å².